The number of amides is 1. The molecule has 1 amide bonds. The van der Waals surface area contributed by atoms with E-state index in [1.165, 1.54) is 17.0 Å². The molecule has 0 aliphatic rings. The van der Waals surface area contributed by atoms with Crippen molar-refractivity contribution in [1.29, 1.82) is 0 Å². The molecule has 0 aliphatic carbocycles. The standard InChI is InChI=1S/C17H20N4O5S.Na/c1-20(2)13-7-10-15(16(11-13)26-17(22)21(3)4)19-18-12-5-8-14(9-6-12)27(23,24)25;/h5-11H,1-4H3,(H,23,24,25);/q;+1/p-1. The smallest absolute Gasteiger partial charge is 0.744 e. The van der Waals surface area contributed by atoms with Crippen LogP contribution in [0.2, 0.25) is 0 Å². The zero-order valence-electron chi connectivity index (χ0n) is 16.3. The predicted molar refractivity (Wildman–Crippen MR) is 99.1 cm³/mol. The third-order valence-corrected chi connectivity index (χ3v) is 4.27. The third-order valence-electron chi connectivity index (χ3n) is 3.42. The molecule has 2 aromatic rings. The summed E-state index contributed by atoms with van der Waals surface area (Å²) in [5.74, 6) is 0.224. The van der Waals surface area contributed by atoms with Crippen LogP contribution in [0.25, 0.3) is 0 Å². The largest absolute Gasteiger partial charge is 1.00 e. The van der Waals surface area contributed by atoms with Crippen LogP contribution in [0.5, 0.6) is 5.75 Å². The van der Waals surface area contributed by atoms with Gasteiger partial charge in [-0.3, -0.25) is 0 Å². The number of azo groups is 1. The maximum Gasteiger partial charge on any atom is 1.00 e. The molecule has 0 saturated heterocycles. The zero-order valence-corrected chi connectivity index (χ0v) is 19.1. The SMILES string of the molecule is CN(C)C(=O)Oc1cc(N(C)C)ccc1N=Nc1ccc(S(=O)(=O)[O-])cc1.[Na+]. The van der Waals surface area contributed by atoms with Gasteiger partial charge in [0.25, 0.3) is 0 Å². The normalized spacial score (nSPS) is 11.0. The van der Waals surface area contributed by atoms with Gasteiger partial charge in [0.1, 0.15) is 15.8 Å². The Morgan fingerprint density at radius 2 is 1.61 bits per heavy atom. The van der Waals surface area contributed by atoms with E-state index in [0.29, 0.717) is 11.4 Å². The Kier molecular flexibility index (Phi) is 8.58. The fraction of sp³-hybridized carbons (Fsp3) is 0.235. The first kappa shape index (κ1) is 24.1. The molecule has 2 rings (SSSR count). The number of benzene rings is 2. The van der Waals surface area contributed by atoms with Gasteiger partial charge in [-0.1, -0.05) is 0 Å². The van der Waals surface area contributed by atoms with Crippen molar-refractivity contribution in [3.8, 4) is 5.75 Å². The van der Waals surface area contributed by atoms with E-state index >= 15 is 0 Å². The molecular weight excluding hydrogens is 395 g/mol. The molecule has 0 bridgehead atoms. The summed E-state index contributed by atoms with van der Waals surface area (Å²) >= 11 is 0. The van der Waals surface area contributed by atoms with E-state index in [0.717, 1.165) is 17.8 Å². The van der Waals surface area contributed by atoms with Crippen LogP contribution in [0.1, 0.15) is 0 Å². The van der Waals surface area contributed by atoms with Crippen LogP contribution in [-0.4, -0.2) is 52.2 Å². The Balaban J connectivity index is 0.00000392. The fourth-order valence-corrected chi connectivity index (χ4v) is 2.39. The molecule has 0 heterocycles. The van der Waals surface area contributed by atoms with E-state index in [2.05, 4.69) is 10.2 Å². The first-order valence-corrected chi connectivity index (χ1v) is 9.17. The molecule has 0 unspecified atom stereocenters. The predicted octanol–water partition coefficient (Wildman–Crippen LogP) is 0.137. The van der Waals surface area contributed by atoms with E-state index in [-0.39, 0.29) is 40.2 Å². The number of anilines is 1. The van der Waals surface area contributed by atoms with Gasteiger partial charge in [0.2, 0.25) is 0 Å². The number of nitrogens with zero attached hydrogens (tertiary/aromatic N) is 4. The molecule has 144 valence electrons. The van der Waals surface area contributed by atoms with Crippen molar-refractivity contribution in [1.82, 2.24) is 4.90 Å². The number of hydrogen-bond donors (Lipinski definition) is 0. The summed E-state index contributed by atoms with van der Waals surface area (Å²) in [6, 6.07) is 10.1. The number of hydrogen-bond acceptors (Lipinski definition) is 8. The molecule has 0 fully saturated rings. The fourth-order valence-electron chi connectivity index (χ4n) is 1.92. The van der Waals surface area contributed by atoms with Gasteiger partial charge in [-0.25, -0.2) is 13.2 Å². The molecule has 0 saturated carbocycles. The summed E-state index contributed by atoms with van der Waals surface area (Å²) in [7, 11) is 2.30. The molecular formula is C17H19N4NaO5S. The van der Waals surface area contributed by atoms with E-state index in [4.69, 9.17) is 4.74 Å². The Morgan fingerprint density at radius 1 is 1.00 bits per heavy atom. The van der Waals surface area contributed by atoms with Gasteiger partial charge >= 0.3 is 35.7 Å². The van der Waals surface area contributed by atoms with E-state index in [1.54, 1.807) is 32.3 Å². The van der Waals surface area contributed by atoms with Crippen molar-refractivity contribution in [2.75, 3.05) is 33.1 Å². The zero-order chi connectivity index (χ0) is 20.2. The van der Waals surface area contributed by atoms with Crippen LogP contribution < -0.4 is 39.2 Å². The topological polar surface area (TPSA) is 115 Å². The Bertz CT molecular complexity index is 960. The number of rotatable bonds is 5. The van der Waals surface area contributed by atoms with Crippen molar-refractivity contribution in [3.63, 3.8) is 0 Å². The molecule has 11 heteroatoms. The van der Waals surface area contributed by atoms with Crippen molar-refractivity contribution in [3.05, 3.63) is 42.5 Å². The Hall–Kier alpha value is -1.98. The maximum atomic E-state index is 11.9. The molecule has 0 N–H and O–H groups in total. The maximum absolute atomic E-state index is 11.9. The summed E-state index contributed by atoms with van der Waals surface area (Å²) in [4.78, 5) is 14.7. The van der Waals surface area contributed by atoms with Crippen LogP contribution in [0.15, 0.2) is 57.6 Å². The van der Waals surface area contributed by atoms with Gasteiger partial charge in [0.15, 0.2) is 5.75 Å². The van der Waals surface area contributed by atoms with Gasteiger partial charge in [-0.05, 0) is 36.4 Å². The van der Waals surface area contributed by atoms with Gasteiger partial charge in [-0.15, -0.1) is 5.11 Å². The van der Waals surface area contributed by atoms with Gasteiger partial charge in [0, 0.05) is 39.9 Å². The van der Waals surface area contributed by atoms with Gasteiger partial charge in [0.05, 0.1) is 10.6 Å². The quantitative estimate of drug-likeness (QED) is 0.390. The number of carbonyl (C=O) groups is 1. The van der Waals surface area contributed by atoms with Gasteiger partial charge in [-0.2, -0.15) is 5.11 Å². The van der Waals surface area contributed by atoms with Crippen LogP contribution in [0.4, 0.5) is 21.9 Å². The molecule has 28 heavy (non-hydrogen) atoms. The van der Waals surface area contributed by atoms with Crippen LogP contribution in [0.3, 0.4) is 0 Å². The van der Waals surface area contributed by atoms with Crippen molar-refractivity contribution >= 4 is 33.3 Å². The summed E-state index contributed by atoms with van der Waals surface area (Å²) in [6.45, 7) is 0. The van der Waals surface area contributed by atoms with E-state index < -0.39 is 16.2 Å². The molecule has 9 nitrogen and oxygen atoms in total. The van der Waals surface area contributed by atoms with Crippen molar-refractivity contribution in [2.24, 2.45) is 10.2 Å². The average molecular weight is 414 g/mol. The minimum atomic E-state index is -4.52. The second-order valence-corrected chi connectivity index (χ2v) is 7.34. The molecule has 2 aromatic carbocycles. The number of ether oxygens (including phenoxy) is 1. The molecule has 0 spiro atoms. The second-order valence-electron chi connectivity index (χ2n) is 5.96. The van der Waals surface area contributed by atoms with Gasteiger partial charge < -0.3 is 19.1 Å². The van der Waals surface area contributed by atoms with E-state index in [1.807, 2.05) is 19.0 Å². The number of carbonyl (C=O) groups excluding carboxylic acids is 1. The Labute approximate surface area is 186 Å². The second kappa shape index (κ2) is 9.99. The van der Waals surface area contributed by atoms with Crippen LogP contribution in [-0.2, 0) is 10.1 Å². The Morgan fingerprint density at radius 3 is 2.11 bits per heavy atom. The van der Waals surface area contributed by atoms with E-state index in [9.17, 15) is 17.8 Å². The minimum Gasteiger partial charge on any atom is -0.744 e. The molecule has 0 aliphatic heterocycles. The monoisotopic (exact) mass is 414 g/mol. The van der Waals surface area contributed by atoms with Crippen LogP contribution >= 0.6 is 0 Å². The van der Waals surface area contributed by atoms with Crippen molar-refractivity contribution in [2.45, 2.75) is 4.90 Å². The first-order chi connectivity index (χ1) is 12.6. The summed E-state index contributed by atoms with van der Waals surface area (Å²) in [6.07, 6.45) is -0.563. The molecule has 0 radical (unpaired) electrons. The molecule has 0 aromatic heterocycles. The van der Waals surface area contributed by atoms with Crippen molar-refractivity contribution < 1.29 is 52.1 Å². The first-order valence-electron chi connectivity index (χ1n) is 7.76. The summed E-state index contributed by atoms with van der Waals surface area (Å²) < 4.78 is 38.2. The summed E-state index contributed by atoms with van der Waals surface area (Å²) in [5, 5.41) is 8.06. The van der Waals surface area contributed by atoms with Crippen LogP contribution in [0, 0.1) is 0 Å². The summed E-state index contributed by atoms with van der Waals surface area (Å²) in [5.41, 5.74) is 1.46. The third kappa shape index (κ3) is 6.57. The average Bonchev–Trinajstić information content (AvgIpc) is 2.59. The molecule has 0 atom stereocenters. The minimum absolute atomic E-state index is 0.